The molecular weight excluding hydrogens is 266 g/mol. The normalized spacial score (nSPS) is 26.8. The number of carbonyl (C=O) groups excluding carboxylic acids is 2. The maximum atomic E-state index is 12.5. The minimum Gasteiger partial charge on any atom is -0.366 e. The van der Waals surface area contributed by atoms with Gasteiger partial charge in [-0.15, -0.1) is 0 Å². The third-order valence-electron chi connectivity index (χ3n) is 4.65. The molecule has 0 aliphatic carbocycles. The summed E-state index contributed by atoms with van der Waals surface area (Å²) in [6.45, 7) is 0.561. The Bertz CT molecular complexity index is 555. The molecule has 2 fully saturated rings. The average molecular weight is 287 g/mol. The number of rotatable bonds is 4. The van der Waals surface area contributed by atoms with Gasteiger partial charge in [0.1, 0.15) is 0 Å². The van der Waals surface area contributed by atoms with E-state index in [0.29, 0.717) is 24.2 Å². The molecule has 1 aromatic carbocycles. The third kappa shape index (κ3) is 2.78. The Morgan fingerprint density at radius 2 is 2.00 bits per heavy atom. The molecule has 1 aromatic rings. The molecule has 0 spiro atoms. The van der Waals surface area contributed by atoms with E-state index in [-0.39, 0.29) is 11.8 Å². The van der Waals surface area contributed by atoms with Crippen molar-refractivity contribution < 1.29 is 9.59 Å². The zero-order valence-electron chi connectivity index (χ0n) is 12.2. The van der Waals surface area contributed by atoms with Crippen LogP contribution in [0.25, 0.3) is 0 Å². The first-order valence-corrected chi connectivity index (χ1v) is 7.44. The third-order valence-corrected chi connectivity index (χ3v) is 4.65. The van der Waals surface area contributed by atoms with Gasteiger partial charge in [-0.2, -0.15) is 0 Å². The lowest BCUT2D eigenvalue weighted by molar-refractivity contribution is -0.135. The van der Waals surface area contributed by atoms with Crippen molar-refractivity contribution in [2.45, 2.75) is 37.9 Å². The van der Waals surface area contributed by atoms with Crippen molar-refractivity contribution in [2.24, 2.45) is 11.7 Å². The SMILES string of the molecule is CN(Cc1ccc(C(N)=O)cc1)C(=O)C1CC2CCC1N2. The fourth-order valence-electron chi connectivity index (χ4n) is 3.51. The van der Waals surface area contributed by atoms with Gasteiger partial charge < -0.3 is 16.0 Å². The van der Waals surface area contributed by atoms with Gasteiger partial charge in [-0.25, -0.2) is 0 Å². The van der Waals surface area contributed by atoms with E-state index in [0.717, 1.165) is 18.4 Å². The van der Waals surface area contributed by atoms with Crippen LogP contribution in [0.1, 0.15) is 35.2 Å². The Morgan fingerprint density at radius 1 is 1.29 bits per heavy atom. The topological polar surface area (TPSA) is 75.4 Å². The van der Waals surface area contributed by atoms with Gasteiger partial charge in [0.25, 0.3) is 0 Å². The van der Waals surface area contributed by atoms with Crippen molar-refractivity contribution in [2.75, 3.05) is 7.05 Å². The molecule has 2 amide bonds. The first kappa shape index (κ1) is 14.1. The summed E-state index contributed by atoms with van der Waals surface area (Å²) >= 11 is 0. The highest BCUT2D eigenvalue weighted by Gasteiger charge is 2.43. The van der Waals surface area contributed by atoms with Gasteiger partial charge in [-0.1, -0.05) is 12.1 Å². The number of nitrogens with zero attached hydrogens (tertiary/aromatic N) is 1. The quantitative estimate of drug-likeness (QED) is 0.863. The molecule has 3 N–H and O–H groups in total. The monoisotopic (exact) mass is 287 g/mol. The van der Waals surface area contributed by atoms with Crippen molar-refractivity contribution in [3.8, 4) is 0 Å². The molecule has 5 heteroatoms. The van der Waals surface area contributed by atoms with Crippen LogP contribution < -0.4 is 11.1 Å². The van der Waals surface area contributed by atoms with Crippen LogP contribution in [0.5, 0.6) is 0 Å². The van der Waals surface area contributed by atoms with Crippen LogP contribution >= 0.6 is 0 Å². The molecule has 2 saturated heterocycles. The van der Waals surface area contributed by atoms with Crippen LogP contribution in [-0.2, 0) is 11.3 Å². The van der Waals surface area contributed by atoms with Gasteiger partial charge >= 0.3 is 0 Å². The number of nitrogens with one attached hydrogen (secondary N) is 1. The summed E-state index contributed by atoms with van der Waals surface area (Å²) in [5.41, 5.74) is 6.72. The fourth-order valence-corrected chi connectivity index (χ4v) is 3.51. The standard InChI is InChI=1S/C16H21N3O2/c1-19(9-10-2-4-11(5-3-10)15(17)20)16(21)13-8-12-6-7-14(13)18-12/h2-5,12-14,18H,6-9H2,1H3,(H2,17,20). The predicted molar refractivity (Wildman–Crippen MR) is 79.5 cm³/mol. The second-order valence-corrected chi connectivity index (χ2v) is 6.15. The van der Waals surface area contributed by atoms with Crippen LogP contribution in [-0.4, -0.2) is 35.8 Å². The van der Waals surface area contributed by atoms with Crippen LogP contribution in [0.15, 0.2) is 24.3 Å². The number of fused-ring (bicyclic) bond motifs is 2. The largest absolute Gasteiger partial charge is 0.366 e. The highest BCUT2D eigenvalue weighted by molar-refractivity contribution is 5.92. The van der Waals surface area contributed by atoms with E-state index in [1.54, 1.807) is 17.0 Å². The molecular formula is C16H21N3O2. The lowest BCUT2D eigenvalue weighted by atomic mass is 9.88. The smallest absolute Gasteiger partial charge is 0.248 e. The van der Waals surface area contributed by atoms with E-state index in [4.69, 9.17) is 5.73 Å². The summed E-state index contributed by atoms with van der Waals surface area (Å²) in [5, 5.41) is 3.50. The van der Waals surface area contributed by atoms with Crippen molar-refractivity contribution in [3.05, 3.63) is 35.4 Å². The molecule has 112 valence electrons. The highest BCUT2D eigenvalue weighted by Crippen LogP contribution is 2.34. The first-order chi connectivity index (χ1) is 10.0. The Morgan fingerprint density at radius 3 is 2.52 bits per heavy atom. The van der Waals surface area contributed by atoms with Crippen LogP contribution in [0, 0.1) is 5.92 Å². The first-order valence-electron chi connectivity index (χ1n) is 7.44. The molecule has 0 radical (unpaired) electrons. The molecule has 21 heavy (non-hydrogen) atoms. The Balaban J connectivity index is 1.61. The number of nitrogens with two attached hydrogens (primary N) is 1. The van der Waals surface area contributed by atoms with Crippen molar-refractivity contribution in [3.63, 3.8) is 0 Å². The number of hydrogen-bond acceptors (Lipinski definition) is 3. The summed E-state index contributed by atoms with van der Waals surface area (Å²) in [7, 11) is 1.84. The molecule has 3 rings (SSSR count). The minimum absolute atomic E-state index is 0.124. The summed E-state index contributed by atoms with van der Waals surface area (Å²) in [5.74, 6) is -0.0913. The van der Waals surface area contributed by atoms with Crippen molar-refractivity contribution in [1.82, 2.24) is 10.2 Å². The van der Waals surface area contributed by atoms with E-state index in [1.165, 1.54) is 6.42 Å². The zero-order valence-corrected chi connectivity index (χ0v) is 12.2. The number of benzene rings is 1. The van der Waals surface area contributed by atoms with Crippen molar-refractivity contribution in [1.29, 1.82) is 0 Å². The van der Waals surface area contributed by atoms with E-state index in [9.17, 15) is 9.59 Å². The van der Waals surface area contributed by atoms with E-state index in [1.807, 2.05) is 19.2 Å². The van der Waals surface area contributed by atoms with E-state index in [2.05, 4.69) is 5.32 Å². The van der Waals surface area contributed by atoms with Gasteiger partial charge in [0, 0.05) is 31.2 Å². The number of carbonyl (C=O) groups is 2. The zero-order chi connectivity index (χ0) is 15.0. The summed E-state index contributed by atoms with van der Waals surface area (Å²) < 4.78 is 0. The second-order valence-electron chi connectivity index (χ2n) is 6.15. The fraction of sp³-hybridized carbons (Fsp3) is 0.500. The maximum absolute atomic E-state index is 12.5. The molecule has 2 bridgehead atoms. The molecule has 0 saturated carbocycles. The highest BCUT2D eigenvalue weighted by atomic mass is 16.2. The molecule has 0 aromatic heterocycles. The summed E-state index contributed by atoms with van der Waals surface area (Å²) in [6.07, 6.45) is 3.28. The lowest BCUT2D eigenvalue weighted by Crippen LogP contribution is -2.38. The van der Waals surface area contributed by atoms with E-state index < -0.39 is 5.91 Å². The number of hydrogen-bond donors (Lipinski definition) is 2. The Kier molecular flexibility index (Phi) is 3.68. The Labute approximate surface area is 124 Å². The molecule has 2 aliphatic heterocycles. The summed E-state index contributed by atoms with van der Waals surface area (Å²) in [6, 6.07) is 8.00. The van der Waals surface area contributed by atoms with Gasteiger partial charge in [0.05, 0.1) is 5.92 Å². The lowest BCUT2D eigenvalue weighted by Gasteiger charge is -2.25. The minimum atomic E-state index is -0.431. The summed E-state index contributed by atoms with van der Waals surface area (Å²) in [4.78, 5) is 25.4. The number of amides is 2. The number of primary amides is 1. The van der Waals surface area contributed by atoms with Gasteiger partial charge in [0.2, 0.25) is 11.8 Å². The maximum Gasteiger partial charge on any atom is 0.248 e. The average Bonchev–Trinajstić information content (AvgIpc) is 3.09. The molecule has 5 nitrogen and oxygen atoms in total. The van der Waals surface area contributed by atoms with Gasteiger partial charge in [0.15, 0.2) is 0 Å². The predicted octanol–water partition coefficient (Wildman–Crippen LogP) is 0.884. The van der Waals surface area contributed by atoms with Crippen LogP contribution in [0.2, 0.25) is 0 Å². The molecule has 2 aliphatic rings. The van der Waals surface area contributed by atoms with Gasteiger partial charge in [-0.3, -0.25) is 9.59 Å². The van der Waals surface area contributed by atoms with Crippen LogP contribution in [0.3, 0.4) is 0 Å². The molecule has 3 unspecified atom stereocenters. The van der Waals surface area contributed by atoms with Crippen molar-refractivity contribution >= 4 is 11.8 Å². The Hall–Kier alpha value is -1.88. The van der Waals surface area contributed by atoms with Crippen LogP contribution in [0.4, 0.5) is 0 Å². The van der Waals surface area contributed by atoms with E-state index >= 15 is 0 Å². The molecule has 2 heterocycles. The van der Waals surface area contributed by atoms with Gasteiger partial charge in [-0.05, 0) is 37.0 Å². The molecule has 3 atom stereocenters. The second kappa shape index (κ2) is 5.48.